The Labute approximate surface area is 81.5 Å². The molecule has 0 unspecified atom stereocenters. The average Bonchev–Trinajstić information content (AvgIpc) is 2.00. The molecular weight excluding hydrogens is 220 g/mol. The van der Waals surface area contributed by atoms with E-state index < -0.39 is 0 Å². The summed E-state index contributed by atoms with van der Waals surface area (Å²) < 4.78 is 0.750. The molecule has 0 aromatic heterocycles. The summed E-state index contributed by atoms with van der Waals surface area (Å²) in [7, 11) is 0. The van der Waals surface area contributed by atoms with Crippen LogP contribution in [0.3, 0.4) is 0 Å². The van der Waals surface area contributed by atoms with Gasteiger partial charge in [-0.15, -0.1) is 0 Å². The van der Waals surface area contributed by atoms with Gasteiger partial charge in [0.1, 0.15) is 0 Å². The van der Waals surface area contributed by atoms with Gasteiger partial charge in [-0.05, 0) is 6.42 Å². The van der Waals surface area contributed by atoms with Crippen LogP contribution in [0.4, 0.5) is 0 Å². The Morgan fingerprint density at radius 1 is 1.75 bits per heavy atom. The van der Waals surface area contributed by atoms with E-state index >= 15 is 0 Å². The highest BCUT2D eigenvalue weighted by molar-refractivity contribution is 9.11. The highest BCUT2D eigenvalue weighted by Crippen LogP contribution is 1.98. The van der Waals surface area contributed by atoms with Gasteiger partial charge in [0.15, 0.2) is 0 Å². The van der Waals surface area contributed by atoms with Gasteiger partial charge in [-0.25, -0.2) is 0 Å². The van der Waals surface area contributed by atoms with E-state index in [-0.39, 0.29) is 11.9 Å². The summed E-state index contributed by atoms with van der Waals surface area (Å²) >= 11 is 3.14. The van der Waals surface area contributed by atoms with E-state index in [9.17, 15) is 4.79 Å². The van der Waals surface area contributed by atoms with Crippen molar-refractivity contribution in [3.05, 3.63) is 11.1 Å². The van der Waals surface area contributed by atoms with Gasteiger partial charge in [-0.1, -0.05) is 35.9 Å². The Bertz CT molecular complexity index is 170. The lowest BCUT2D eigenvalue weighted by molar-refractivity contribution is -0.122. The smallest absolute Gasteiger partial charge is 0.237 e. The predicted octanol–water partition coefficient (Wildman–Crippen LogP) is 1.14. The Balaban J connectivity index is 3.64. The monoisotopic (exact) mass is 234 g/mol. The summed E-state index contributed by atoms with van der Waals surface area (Å²) in [6.07, 6.45) is 1.64. The second kappa shape index (κ2) is 6.20. The minimum Gasteiger partial charge on any atom is -0.350 e. The van der Waals surface area contributed by atoms with Gasteiger partial charge >= 0.3 is 0 Å². The van der Waals surface area contributed by atoms with Crippen LogP contribution in [0.25, 0.3) is 0 Å². The lowest BCUT2D eigenvalue weighted by atomic mass is 10.2. The zero-order chi connectivity index (χ0) is 9.56. The molecule has 0 radical (unpaired) electrons. The zero-order valence-corrected chi connectivity index (χ0v) is 8.86. The standard InChI is InChI=1S/C8H15BrN2O/c1-3-4-7(10)8(12)11-5-6(2)9/h7H,2-5,10H2,1H3,(H,11,12)/t7-/m0/s1. The topological polar surface area (TPSA) is 55.1 Å². The molecule has 3 N–H and O–H groups in total. The summed E-state index contributed by atoms with van der Waals surface area (Å²) in [5, 5.41) is 2.66. The van der Waals surface area contributed by atoms with Gasteiger partial charge in [-0.2, -0.15) is 0 Å². The van der Waals surface area contributed by atoms with Crippen molar-refractivity contribution in [1.82, 2.24) is 5.32 Å². The van der Waals surface area contributed by atoms with Crippen LogP contribution in [0.2, 0.25) is 0 Å². The highest BCUT2D eigenvalue weighted by Gasteiger charge is 2.10. The van der Waals surface area contributed by atoms with Crippen molar-refractivity contribution >= 4 is 21.8 Å². The van der Waals surface area contributed by atoms with Crippen LogP contribution in [0.5, 0.6) is 0 Å². The van der Waals surface area contributed by atoms with Gasteiger partial charge in [-0.3, -0.25) is 4.79 Å². The van der Waals surface area contributed by atoms with Crippen molar-refractivity contribution in [2.75, 3.05) is 6.54 Å². The van der Waals surface area contributed by atoms with Crippen LogP contribution in [0.1, 0.15) is 19.8 Å². The number of rotatable bonds is 5. The lowest BCUT2D eigenvalue weighted by Gasteiger charge is -2.09. The molecule has 0 saturated heterocycles. The molecule has 0 fully saturated rings. The number of carbonyl (C=O) groups is 1. The number of amides is 1. The van der Waals surface area contributed by atoms with E-state index in [0.29, 0.717) is 6.54 Å². The number of carbonyl (C=O) groups excluding carboxylic acids is 1. The van der Waals surface area contributed by atoms with Crippen LogP contribution in [-0.2, 0) is 4.79 Å². The first-order chi connectivity index (χ1) is 5.57. The first kappa shape index (κ1) is 11.6. The fourth-order valence-electron chi connectivity index (χ4n) is 0.756. The van der Waals surface area contributed by atoms with E-state index in [1.807, 2.05) is 6.92 Å². The second-order valence-corrected chi connectivity index (χ2v) is 3.75. The molecule has 0 spiro atoms. The molecule has 0 aromatic carbocycles. The molecule has 70 valence electrons. The van der Waals surface area contributed by atoms with Gasteiger partial charge in [0.25, 0.3) is 0 Å². The first-order valence-electron chi connectivity index (χ1n) is 3.94. The van der Waals surface area contributed by atoms with Crippen LogP contribution >= 0.6 is 15.9 Å². The highest BCUT2D eigenvalue weighted by atomic mass is 79.9. The maximum Gasteiger partial charge on any atom is 0.237 e. The molecule has 0 aliphatic rings. The van der Waals surface area contributed by atoms with Crippen molar-refractivity contribution in [3.8, 4) is 0 Å². The molecule has 0 aromatic rings. The maximum atomic E-state index is 11.1. The molecule has 0 heterocycles. The summed E-state index contributed by atoms with van der Waals surface area (Å²) in [5.41, 5.74) is 5.56. The van der Waals surface area contributed by atoms with Crippen molar-refractivity contribution in [2.24, 2.45) is 5.73 Å². The SMILES string of the molecule is C=C(Br)CNC(=O)[C@@H](N)CCC. The molecule has 1 amide bonds. The summed E-state index contributed by atoms with van der Waals surface area (Å²) in [6, 6.07) is -0.387. The Morgan fingerprint density at radius 3 is 2.75 bits per heavy atom. The van der Waals surface area contributed by atoms with Crippen LogP contribution in [0.15, 0.2) is 11.1 Å². The van der Waals surface area contributed by atoms with Gasteiger partial charge < -0.3 is 11.1 Å². The molecule has 1 atom stereocenters. The van der Waals surface area contributed by atoms with Crippen molar-refractivity contribution in [3.63, 3.8) is 0 Å². The quantitative estimate of drug-likeness (QED) is 0.750. The van der Waals surface area contributed by atoms with E-state index in [0.717, 1.165) is 17.3 Å². The maximum absolute atomic E-state index is 11.1. The molecule has 3 nitrogen and oxygen atoms in total. The van der Waals surface area contributed by atoms with Crippen molar-refractivity contribution in [2.45, 2.75) is 25.8 Å². The van der Waals surface area contributed by atoms with Crippen LogP contribution < -0.4 is 11.1 Å². The van der Waals surface area contributed by atoms with Crippen molar-refractivity contribution < 1.29 is 4.79 Å². The fraction of sp³-hybridized carbons (Fsp3) is 0.625. The van der Waals surface area contributed by atoms with Crippen LogP contribution in [-0.4, -0.2) is 18.5 Å². The minimum absolute atomic E-state index is 0.113. The number of nitrogens with two attached hydrogens (primary N) is 1. The molecule has 0 aliphatic carbocycles. The molecule has 0 bridgehead atoms. The summed E-state index contributed by atoms with van der Waals surface area (Å²) in [4.78, 5) is 11.1. The second-order valence-electron chi connectivity index (χ2n) is 2.63. The third-order valence-electron chi connectivity index (χ3n) is 1.39. The summed E-state index contributed by atoms with van der Waals surface area (Å²) in [6.45, 7) is 6.03. The molecule has 4 heteroatoms. The number of hydrogen-bond donors (Lipinski definition) is 2. The number of hydrogen-bond acceptors (Lipinski definition) is 2. The normalized spacial score (nSPS) is 12.2. The minimum atomic E-state index is -0.387. The largest absolute Gasteiger partial charge is 0.350 e. The third kappa shape index (κ3) is 5.32. The predicted molar refractivity (Wildman–Crippen MR) is 54.0 cm³/mol. The number of halogens is 1. The van der Waals surface area contributed by atoms with E-state index in [1.54, 1.807) is 0 Å². The number of nitrogens with one attached hydrogen (secondary N) is 1. The molecular formula is C8H15BrN2O. The molecule has 0 aliphatic heterocycles. The lowest BCUT2D eigenvalue weighted by Crippen LogP contribution is -2.40. The first-order valence-corrected chi connectivity index (χ1v) is 4.73. The van der Waals surface area contributed by atoms with Gasteiger partial charge in [0, 0.05) is 11.0 Å². The average molecular weight is 235 g/mol. The molecule has 0 rings (SSSR count). The molecule has 0 saturated carbocycles. The van der Waals surface area contributed by atoms with E-state index in [1.165, 1.54) is 0 Å². The fourth-order valence-corrected chi connectivity index (χ4v) is 0.896. The zero-order valence-electron chi connectivity index (χ0n) is 7.27. The third-order valence-corrected chi connectivity index (χ3v) is 1.67. The van der Waals surface area contributed by atoms with Gasteiger partial charge in [0.2, 0.25) is 5.91 Å². The Hall–Kier alpha value is -0.350. The Kier molecular flexibility index (Phi) is 6.02. The van der Waals surface area contributed by atoms with Crippen LogP contribution in [0, 0.1) is 0 Å². The van der Waals surface area contributed by atoms with E-state index in [4.69, 9.17) is 5.73 Å². The Morgan fingerprint density at radius 2 is 2.33 bits per heavy atom. The van der Waals surface area contributed by atoms with Gasteiger partial charge in [0.05, 0.1) is 6.04 Å². The summed E-state index contributed by atoms with van der Waals surface area (Å²) in [5.74, 6) is -0.113. The van der Waals surface area contributed by atoms with Crippen molar-refractivity contribution in [1.29, 1.82) is 0 Å². The molecule has 12 heavy (non-hydrogen) atoms. The van der Waals surface area contributed by atoms with E-state index in [2.05, 4.69) is 27.8 Å².